The number of pyridine rings is 3. The van der Waals surface area contributed by atoms with E-state index in [4.69, 9.17) is 4.74 Å². The average Bonchev–Trinajstić information content (AvgIpc) is 1.74. The molecule has 0 radical (unpaired) electrons. The number of aromatic nitrogens is 9. The van der Waals surface area contributed by atoms with E-state index in [9.17, 15) is 8.78 Å². The maximum absolute atomic E-state index is 13.2. The minimum absolute atomic E-state index is 0. The van der Waals surface area contributed by atoms with Gasteiger partial charge in [-0.15, -0.1) is 109 Å². The third-order valence-electron chi connectivity index (χ3n) is 16.9. The predicted octanol–water partition coefficient (Wildman–Crippen LogP) is 23.1. The van der Waals surface area contributed by atoms with Crippen molar-refractivity contribution in [2.45, 2.75) is 9.92 Å². The summed E-state index contributed by atoms with van der Waals surface area (Å²) in [6.07, 6.45) is 5.04. The number of hydrogen-bond acceptors (Lipinski definition) is 9. The second-order valence-corrected chi connectivity index (χ2v) is 25.9. The molecule has 6 aromatic heterocycles. The van der Waals surface area contributed by atoms with Crippen molar-refractivity contribution in [1.82, 2.24) is 45.5 Å². The molecule has 18 rings (SSSR count). The Labute approximate surface area is 717 Å². The van der Waals surface area contributed by atoms with Crippen molar-refractivity contribution in [3.8, 4) is 124 Å². The molecule has 0 bridgehead atoms. The van der Waals surface area contributed by atoms with Gasteiger partial charge in [-0.05, 0) is 99.8 Å². The topological polar surface area (TPSA) is 132 Å². The van der Waals surface area contributed by atoms with Gasteiger partial charge in [0.05, 0.1) is 5.03 Å². The largest absolute Gasteiger partial charge is 0.618 e. The van der Waals surface area contributed by atoms with Gasteiger partial charge < -0.3 is 45.2 Å². The van der Waals surface area contributed by atoms with Crippen molar-refractivity contribution in [3.63, 3.8) is 0 Å². The summed E-state index contributed by atoms with van der Waals surface area (Å²) < 4.78 is 31.2. The Bertz CT molecular complexity index is 5460. The fourth-order valence-electron chi connectivity index (χ4n) is 11.1. The van der Waals surface area contributed by atoms with Crippen LogP contribution in [-0.2, 0) is 63.2 Å². The Hall–Kier alpha value is -12.4. The zero-order chi connectivity index (χ0) is 76.7. The Balaban J connectivity index is 0.000000148. The van der Waals surface area contributed by atoms with Crippen LogP contribution in [0, 0.1) is 48.0 Å². The van der Waals surface area contributed by atoms with Crippen molar-refractivity contribution in [1.29, 1.82) is 0 Å². The number of rotatable bonds is 15. The molecule has 12 aromatic carbocycles. The Morgan fingerprint density at radius 1 is 0.330 bits per heavy atom. The summed E-state index contributed by atoms with van der Waals surface area (Å²) in [5, 5.41) is 26.8. The Morgan fingerprint density at radius 2 is 0.739 bits per heavy atom. The van der Waals surface area contributed by atoms with E-state index in [1.54, 1.807) is 60.7 Å². The quantitative estimate of drug-likeness (QED) is 0.0905. The molecule has 0 spiro atoms. The molecule has 17 heteroatoms. The van der Waals surface area contributed by atoms with Crippen molar-refractivity contribution in [2.24, 2.45) is 0 Å². The molecule has 0 saturated heterocycles. The summed E-state index contributed by atoms with van der Waals surface area (Å²) in [6, 6.07) is 136. The molecule has 18 aromatic rings. The fourth-order valence-corrected chi connectivity index (χ4v) is 11.9. The normalized spacial score (nSPS) is 10.1. The van der Waals surface area contributed by atoms with Crippen LogP contribution in [0.4, 0.5) is 14.5 Å². The third kappa shape index (κ3) is 25.3. The van der Waals surface area contributed by atoms with Crippen LogP contribution >= 0.6 is 11.8 Å². The fraction of sp³-hybridized carbons (Fsp3) is 0.0204. The van der Waals surface area contributed by atoms with Gasteiger partial charge in [0.1, 0.15) is 0 Å². The molecule has 0 amide bonds. The van der Waals surface area contributed by atoms with Gasteiger partial charge in [-0.25, -0.2) is 27.0 Å². The van der Waals surface area contributed by atoms with E-state index in [1.165, 1.54) is 33.4 Å². The van der Waals surface area contributed by atoms with Crippen molar-refractivity contribution in [3.05, 3.63) is 431 Å². The molecule has 0 atom stereocenters. The first-order valence-corrected chi connectivity index (χ1v) is 36.5. The van der Waals surface area contributed by atoms with Crippen molar-refractivity contribution in [2.75, 3.05) is 19.0 Å². The molecule has 0 aliphatic carbocycles. The summed E-state index contributed by atoms with van der Waals surface area (Å²) in [5.74, 6) is -0.0166. The van der Waals surface area contributed by atoms with Crippen LogP contribution in [0.1, 0.15) is 0 Å². The Kier molecular flexibility index (Phi) is 33.1. The van der Waals surface area contributed by atoms with Gasteiger partial charge in [-0.3, -0.25) is 8.78 Å². The van der Waals surface area contributed by atoms with E-state index in [-0.39, 0.29) is 68.8 Å². The molecule has 11 nitrogen and oxygen atoms in total. The maximum atomic E-state index is 13.2. The summed E-state index contributed by atoms with van der Waals surface area (Å²) in [5.41, 5.74) is 20.3. The van der Waals surface area contributed by atoms with Gasteiger partial charge in [0.2, 0.25) is 5.88 Å². The molecule has 0 aliphatic heterocycles. The molecule has 0 unspecified atom stereocenters. The minimum atomic E-state index is -0.649. The number of halogens is 2. The average molecular weight is 2060 g/mol. The molecular formula is C98H69F2N10OPt3S-9. The van der Waals surface area contributed by atoms with Gasteiger partial charge >= 0.3 is 0 Å². The Morgan fingerprint density at radius 3 is 1.12 bits per heavy atom. The number of nitrogens with zero attached hydrogens (tertiary/aromatic N) is 10. The van der Waals surface area contributed by atoms with Gasteiger partial charge in [-0.2, -0.15) is 65.2 Å². The third-order valence-corrected chi connectivity index (χ3v) is 17.8. The number of hydrogen-bond donors (Lipinski definition) is 0. The van der Waals surface area contributed by atoms with Gasteiger partial charge in [0.25, 0.3) is 0 Å². The van der Waals surface area contributed by atoms with Gasteiger partial charge in [0.15, 0.2) is 0 Å². The van der Waals surface area contributed by atoms with Crippen LogP contribution in [0.25, 0.3) is 112 Å². The standard InChI is InChI=1S/C23H19N3.2C21H14N2.C11H6F2N.C11H8NO.C11H8NS.3Pt/c1-26(2)21-14-12-20(13-15-21)23-16-22(24-25-23)19-10-8-18(9-11-19)17-6-4-3-5-7-17;2*1-3-7-16(8-4-1)17-11-13-19(14-12-17)21-15-20(22-23-21)18-9-5-2-6-10-18;12-8-4-5-9(10(13)7-8)11-3-1-2-6-14-11;2*1-2-6-10(7-3-1)13-11-8-4-5-9-12-11;;;/h3-12,14-16H,1-2H3;2*1-9,11-15H;1-4,6-7H;2*1-6,8-9H;;;/q3*-2;3*-1;;;. The zero-order valence-corrected chi connectivity index (χ0v) is 69.5. The molecule has 0 saturated carbocycles. The summed E-state index contributed by atoms with van der Waals surface area (Å²) >= 11 is 1.62. The van der Waals surface area contributed by atoms with Crippen LogP contribution < -0.4 is 24.9 Å². The van der Waals surface area contributed by atoms with Gasteiger partial charge in [-0.1, -0.05) is 235 Å². The van der Waals surface area contributed by atoms with Crippen LogP contribution in [-0.4, -0.2) is 44.3 Å². The van der Waals surface area contributed by atoms with Crippen molar-refractivity contribution < 1.29 is 76.7 Å². The molecule has 6 heterocycles. The van der Waals surface area contributed by atoms with E-state index in [1.807, 2.05) is 184 Å². The first kappa shape index (κ1) is 85.0. The smallest absolute Gasteiger partial charge is 0.216 e. The molecule has 0 fully saturated rings. The number of para-hydroxylation sites is 1. The van der Waals surface area contributed by atoms with Crippen LogP contribution in [0.3, 0.4) is 0 Å². The SMILES string of the molecule is CN(C)c1c[c-]c(-c2cc(-c3ccc(-c4ccccc4)cc3)n[n-]2)cc1.Fc1c[c-]c(-c2ccccn2)c(F)c1.[Pt].[Pt].[Pt].[c-]1ccccc1-c1cc(-c2ccc(-c3ccccc3)cc2)n[n-]1.[c-]1ccccc1-c1cc(-c2ccc(-c3ccccc3)cc2)n[n-]1.[c-]1ccccc1Oc1ccccn1.[c-]1ccccc1Sc1ccccn1. The summed E-state index contributed by atoms with van der Waals surface area (Å²) in [4.78, 5) is 15.3. The second kappa shape index (κ2) is 44.7. The molecule has 0 N–H and O–H groups in total. The molecular weight excluding hydrogens is 1990 g/mol. The minimum Gasteiger partial charge on any atom is -0.618 e. The van der Waals surface area contributed by atoms with E-state index < -0.39 is 11.6 Å². The first-order valence-electron chi connectivity index (χ1n) is 35.7. The number of benzene rings is 12. The summed E-state index contributed by atoms with van der Waals surface area (Å²) in [6.45, 7) is 0. The second-order valence-electron chi connectivity index (χ2n) is 24.8. The monoisotopic (exact) mass is 2060 g/mol. The molecule has 0 aliphatic rings. The predicted molar refractivity (Wildman–Crippen MR) is 444 cm³/mol. The first-order chi connectivity index (χ1) is 55.2. The van der Waals surface area contributed by atoms with E-state index >= 15 is 0 Å². The van der Waals surface area contributed by atoms with Gasteiger partial charge in [0, 0.05) is 122 Å². The van der Waals surface area contributed by atoms with E-state index in [2.05, 4.69) is 239 Å². The molecule has 576 valence electrons. The van der Waals surface area contributed by atoms with Crippen LogP contribution in [0.5, 0.6) is 11.6 Å². The van der Waals surface area contributed by atoms with Crippen LogP contribution in [0.15, 0.2) is 392 Å². The van der Waals surface area contributed by atoms with Crippen molar-refractivity contribution >= 4 is 17.4 Å². The van der Waals surface area contributed by atoms with E-state index in [0.717, 1.165) is 95.3 Å². The number of ether oxygens (including phenoxy) is 1. The number of anilines is 1. The zero-order valence-electron chi connectivity index (χ0n) is 61.9. The summed E-state index contributed by atoms with van der Waals surface area (Å²) in [7, 11) is 4.03. The molecule has 115 heavy (non-hydrogen) atoms. The maximum Gasteiger partial charge on any atom is 0.216 e. The van der Waals surface area contributed by atoms with Crippen LogP contribution in [0.2, 0.25) is 0 Å². The van der Waals surface area contributed by atoms with E-state index in [0.29, 0.717) is 17.3 Å².